The van der Waals surface area contributed by atoms with E-state index < -0.39 is 4.92 Å². The van der Waals surface area contributed by atoms with Crippen molar-refractivity contribution >= 4 is 23.0 Å². The third-order valence-corrected chi connectivity index (χ3v) is 3.03. The van der Waals surface area contributed by atoms with Crippen LogP contribution in [-0.2, 0) is 0 Å². The predicted molar refractivity (Wildman–Crippen MR) is 87.6 cm³/mol. The third-order valence-electron chi connectivity index (χ3n) is 2.78. The van der Waals surface area contributed by atoms with Crippen LogP contribution in [0.4, 0.5) is 11.4 Å². The first kappa shape index (κ1) is 16.8. The molecule has 0 spiro atoms. The second kappa shape index (κ2) is 7.63. The van der Waals surface area contributed by atoms with E-state index in [2.05, 4.69) is 5.32 Å². The second-order valence-corrected chi connectivity index (χ2v) is 4.89. The van der Waals surface area contributed by atoms with Gasteiger partial charge in [0.25, 0.3) is 5.69 Å². The average molecular weight is 341 g/mol. The number of nitro benzene ring substituents is 1. The molecule has 1 N–H and O–H groups in total. The van der Waals surface area contributed by atoms with Crippen LogP contribution in [0, 0.1) is 32.8 Å². The van der Waals surface area contributed by atoms with E-state index in [-0.39, 0.29) is 17.0 Å². The summed E-state index contributed by atoms with van der Waals surface area (Å²) in [7, 11) is 0. The van der Waals surface area contributed by atoms with E-state index >= 15 is 0 Å². The Balaban J connectivity index is 2.32. The predicted octanol–water partition coefficient (Wildman–Crippen LogP) is 4.38. The zero-order valence-electron chi connectivity index (χ0n) is 12.1. The van der Waals surface area contributed by atoms with Gasteiger partial charge in [-0.3, -0.25) is 10.1 Å². The highest BCUT2D eigenvalue weighted by molar-refractivity contribution is 6.30. The first-order chi connectivity index (χ1) is 11.5. The summed E-state index contributed by atoms with van der Waals surface area (Å²) in [6.07, 6.45) is 1.16. The van der Waals surface area contributed by atoms with Gasteiger partial charge in [-0.2, -0.15) is 10.5 Å². The number of anilines is 1. The smallest absolute Gasteiger partial charge is 0.275 e. The highest BCUT2D eigenvalue weighted by atomic mass is 35.5. The van der Waals surface area contributed by atoms with Crippen LogP contribution >= 0.6 is 11.6 Å². The molecular formula is C16H9ClN4O3. The molecular weight excluding hydrogens is 332 g/mol. The van der Waals surface area contributed by atoms with E-state index in [1.165, 1.54) is 18.2 Å². The molecule has 2 aromatic rings. The molecule has 0 atom stereocenters. The molecule has 118 valence electrons. The number of nitro groups is 1. The van der Waals surface area contributed by atoms with Crippen LogP contribution in [0.3, 0.4) is 0 Å². The number of hydrogen-bond acceptors (Lipinski definition) is 6. The van der Waals surface area contributed by atoms with E-state index in [1.54, 1.807) is 36.4 Å². The number of non-ortho nitro benzene ring substituents is 1. The van der Waals surface area contributed by atoms with Crippen molar-refractivity contribution in [3.05, 3.63) is 69.4 Å². The Hall–Kier alpha value is -3.55. The van der Waals surface area contributed by atoms with E-state index in [1.807, 2.05) is 0 Å². The monoisotopic (exact) mass is 340 g/mol. The highest BCUT2D eigenvalue weighted by Crippen LogP contribution is 2.30. The molecule has 0 amide bonds. The number of benzene rings is 2. The summed E-state index contributed by atoms with van der Waals surface area (Å²) >= 11 is 5.79. The number of rotatable bonds is 5. The number of nitrogens with one attached hydrogen (secondary N) is 1. The van der Waals surface area contributed by atoms with Crippen LogP contribution in [0.1, 0.15) is 0 Å². The summed E-state index contributed by atoms with van der Waals surface area (Å²) in [6.45, 7) is 0. The zero-order chi connectivity index (χ0) is 17.5. The average Bonchev–Trinajstić information content (AvgIpc) is 2.57. The van der Waals surface area contributed by atoms with Gasteiger partial charge in [0.1, 0.15) is 29.2 Å². The van der Waals surface area contributed by atoms with Crippen molar-refractivity contribution in [3.8, 4) is 23.6 Å². The number of halogens is 1. The molecule has 0 aliphatic heterocycles. The number of allylic oxidation sites excluding steroid dienone is 1. The lowest BCUT2D eigenvalue weighted by Gasteiger charge is -2.08. The summed E-state index contributed by atoms with van der Waals surface area (Å²) in [5.74, 6) is 0.675. The van der Waals surface area contributed by atoms with E-state index in [4.69, 9.17) is 26.9 Å². The molecule has 0 aliphatic rings. The maximum atomic E-state index is 11.0. The van der Waals surface area contributed by atoms with Gasteiger partial charge < -0.3 is 10.1 Å². The fourth-order valence-electron chi connectivity index (χ4n) is 1.71. The van der Waals surface area contributed by atoms with Gasteiger partial charge in [0.05, 0.1) is 11.0 Å². The number of ether oxygens (including phenoxy) is 1. The van der Waals surface area contributed by atoms with Crippen molar-refractivity contribution in [2.75, 3.05) is 5.32 Å². The Morgan fingerprint density at radius 3 is 2.42 bits per heavy atom. The third kappa shape index (κ3) is 4.47. The van der Waals surface area contributed by atoms with E-state index in [9.17, 15) is 10.1 Å². The minimum absolute atomic E-state index is 0.165. The molecule has 0 fully saturated rings. The minimum atomic E-state index is -0.570. The van der Waals surface area contributed by atoms with Gasteiger partial charge >= 0.3 is 0 Å². The highest BCUT2D eigenvalue weighted by Gasteiger charge is 2.11. The summed E-state index contributed by atoms with van der Waals surface area (Å²) < 4.78 is 5.57. The first-order valence-corrected chi connectivity index (χ1v) is 6.89. The van der Waals surface area contributed by atoms with Crippen LogP contribution in [0.15, 0.2) is 54.2 Å². The fraction of sp³-hybridized carbons (Fsp3) is 0. The van der Waals surface area contributed by atoms with Crippen molar-refractivity contribution < 1.29 is 9.66 Å². The Labute approximate surface area is 142 Å². The van der Waals surface area contributed by atoms with Gasteiger partial charge in [-0.25, -0.2) is 0 Å². The largest absolute Gasteiger partial charge is 0.457 e. The molecule has 8 heteroatoms. The van der Waals surface area contributed by atoms with Crippen molar-refractivity contribution in [2.24, 2.45) is 0 Å². The quantitative estimate of drug-likeness (QED) is 0.491. The lowest BCUT2D eigenvalue weighted by atomic mass is 10.2. The normalized spacial score (nSPS) is 9.29. The summed E-state index contributed by atoms with van der Waals surface area (Å²) in [5.41, 5.74) is -0.0642. The Morgan fingerprint density at radius 2 is 1.83 bits per heavy atom. The van der Waals surface area contributed by atoms with Crippen molar-refractivity contribution in [2.45, 2.75) is 0 Å². The molecule has 0 bridgehead atoms. The molecule has 0 aliphatic carbocycles. The molecule has 0 aromatic heterocycles. The van der Waals surface area contributed by atoms with Crippen molar-refractivity contribution in [1.29, 1.82) is 10.5 Å². The van der Waals surface area contributed by atoms with Gasteiger partial charge in [0.15, 0.2) is 0 Å². The van der Waals surface area contributed by atoms with Gasteiger partial charge in [0.2, 0.25) is 0 Å². The maximum Gasteiger partial charge on any atom is 0.275 e. The SMILES string of the molecule is N#CC(C#N)=CNc1cc(Oc2ccc(Cl)cc2)cc([N+](=O)[O-])c1. The molecule has 24 heavy (non-hydrogen) atoms. The number of nitrogens with zero attached hydrogens (tertiary/aromatic N) is 3. The van der Waals surface area contributed by atoms with Crippen LogP contribution in [0.2, 0.25) is 5.02 Å². The summed E-state index contributed by atoms with van der Waals surface area (Å²) in [6, 6.07) is 13.9. The number of nitriles is 2. The van der Waals surface area contributed by atoms with Crippen LogP contribution in [0.5, 0.6) is 11.5 Å². The fourth-order valence-corrected chi connectivity index (χ4v) is 1.84. The Kier molecular flexibility index (Phi) is 5.35. The van der Waals surface area contributed by atoms with Gasteiger partial charge in [-0.15, -0.1) is 0 Å². The molecule has 0 saturated carbocycles. The molecule has 0 radical (unpaired) electrons. The standard InChI is InChI=1S/C16H9ClN4O3/c17-12-1-3-15(4-2-12)24-16-6-13(5-14(7-16)21(22)23)20-10-11(8-18)9-19/h1-7,10,20H. The molecule has 2 aromatic carbocycles. The zero-order valence-corrected chi connectivity index (χ0v) is 12.8. The maximum absolute atomic E-state index is 11.0. The second-order valence-electron chi connectivity index (χ2n) is 4.45. The molecule has 2 rings (SSSR count). The van der Waals surface area contributed by atoms with Crippen LogP contribution in [-0.4, -0.2) is 4.92 Å². The van der Waals surface area contributed by atoms with Crippen molar-refractivity contribution in [1.82, 2.24) is 0 Å². The Bertz CT molecular complexity index is 864. The lowest BCUT2D eigenvalue weighted by Crippen LogP contribution is -1.95. The minimum Gasteiger partial charge on any atom is -0.457 e. The summed E-state index contributed by atoms with van der Waals surface area (Å²) in [5, 5.41) is 31.6. The van der Waals surface area contributed by atoms with Crippen molar-refractivity contribution in [3.63, 3.8) is 0 Å². The summed E-state index contributed by atoms with van der Waals surface area (Å²) in [4.78, 5) is 10.5. The number of hydrogen-bond donors (Lipinski definition) is 1. The topological polar surface area (TPSA) is 112 Å². The van der Waals surface area contributed by atoms with Gasteiger partial charge in [-0.1, -0.05) is 11.6 Å². The Morgan fingerprint density at radius 1 is 1.17 bits per heavy atom. The molecule has 7 nitrogen and oxygen atoms in total. The van der Waals surface area contributed by atoms with Gasteiger partial charge in [0, 0.05) is 29.0 Å². The molecule has 0 heterocycles. The molecule has 0 unspecified atom stereocenters. The first-order valence-electron chi connectivity index (χ1n) is 6.51. The van der Waals surface area contributed by atoms with E-state index in [0.29, 0.717) is 16.5 Å². The van der Waals surface area contributed by atoms with E-state index in [0.717, 1.165) is 6.20 Å². The molecule has 0 saturated heterocycles. The lowest BCUT2D eigenvalue weighted by molar-refractivity contribution is -0.384. The van der Waals surface area contributed by atoms with Crippen LogP contribution < -0.4 is 10.1 Å². The van der Waals surface area contributed by atoms with Gasteiger partial charge in [-0.05, 0) is 24.3 Å². The van der Waals surface area contributed by atoms with Crippen LogP contribution in [0.25, 0.3) is 0 Å².